The molecule has 0 saturated carbocycles. The summed E-state index contributed by atoms with van der Waals surface area (Å²) in [5.74, 6) is 1.72. The average Bonchev–Trinajstić information content (AvgIpc) is 2.61. The third kappa shape index (κ3) is 7.69. The lowest BCUT2D eigenvalue weighted by Gasteiger charge is -2.35. The summed E-state index contributed by atoms with van der Waals surface area (Å²) in [6.07, 6.45) is 4.02. The van der Waals surface area contributed by atoms with E-state index in [1.165, 1.54) is 6.08 Å². The Morgan fingerprint density at radius 2 is 2.00 bits per heavy atom. The molecule has 1 unspecified atom stereocenters. The largest absolute Gasteiger partial charge is 0.387 e. The van der Waals surface area contributed by atoms with E-state index in [0.29, 0.717) is 26.0 Å². The van der Waals surface area contributed by atoms with Crippen molar-refractivity contribution in [3.05, 3.63) is 53.9 Å². The van der Waals surface area contributed by atoms with Crippen LogP contribution in [-0.4, -0.2) is 42.3 Å². The maximum atomic E-state index is 12.3. The summed E-state index contributed by atoms with van der Waals surface area (Å²) >= 11 is 0. The number of hydrogen-bond acceptors (Lipinski definition) is 5. The van der Waals surface area contributed by atoms with Crippen molar-refractivity contribution in [2.75, 3.05) is 13.2 Å². The van der Waals surface area contributed by atoms with Crippen LogP contribution in [-0.2, 0) is 25.5 Å². The lowest BCUT2D eigenvalue weighted by molar-refractivity contribution is -0.134. The Kier molecular flexibility index (Phi) is 7.58. The molecule has 0 spiro atoms. The Balaban J connectivity index is 1.83. The first-order valence-corrected chi connectivity index (χ1v) is 9.49. The maximum absolute atomic E-state index is 12.3. The van der Waals surface area contributed by atoms with Gasteiger partial charge in [-0.05, 0) is 33.3 Å². The second-order valence-electron chi connectivity index (χ2n) is 8.15. The quantitative estimate of drug-likeness (QED) is 0.638. The molecule has 2 N–H and O–H groups in total. The lowest BCUT2D eigenvalue weighted by atomic mass is 10.1. The molecule has 1 amide bonds. The van der Waals surface area contributed by atoms with Gasteiger partial charge in [-0.15, -0.1) is 0 Å². The fourth-order valence-corrected chi connectivity index (χ4v) is 2.89. The highest BCUT2D eigenvalue weighted by Gasteiger charge is 2.29. The monoisotopic (exact) mass is 386 g/mol. The molecule has 152 valence electrons. The van der Waals surface area contributed by atoms with Gasteiger partial charge in [0, 0.05) is 30.9 Å². The Morgan fingerprint density at radius 3 is 2.68 bits per heavy atom. The Morgan fingerprint density at radius 1 is 1.29 bits per heavy atom. The molecule has 0 saturated heterocycles. The van der Waals surface area contributed by atoms with Crippen LogP contribution in [0.5, 0.6) is 0 Å². The molecule has 0 aliphatic carbocycles. The van der Waals surface area contributed by atoms with Crippen LogP contribution in [0.2, 0.25) is 0 Å². The molecule has 1 aromatic carbocycles. The van der Waals surface area contributed by atoms with E-state index >= 15 is 0 Å². The molecule has 0 radical (unpaired) electrons. The molecule has 0 aromatic heterocycles. The normalized spacial score (nSPS) is 17.1. The summed E-state index contributed by atoms with van der Waals surface area (Å²) in [5.41, 5.74) is 0.543. The van der Waals surface area contributed by atoms with Crippen molar-refractivity contribution in [2.24, 2.45) is 0 Å². The molecule has 6 nitrogen and oxygen atoms in total. The fourth-order valence-electron chi connectivity index (χ4n) is 2.89. The van der Waals surface area contributed by atoms with Crippen molar-refractivity contribution in [2.45, 2.75) is 57.8 Å². The van der Waals surface area contributed by atoms with E-state index in [1.807, 2.05) is 50.4 Å². The van der Waals surface area contributed by atoms with Crippen LogP contribution in [0.25, 0.3) is 0 Å². The minimum Gasteiger partial charge on any atom is -0.387 e. The van der Waals surface area contributed by atoms with Crippen LogP contribution in [0.4, 0.5) is 0 Å². The molecule has 1 atom stereocenters. The van der Waals surface area contributed by atoms with E-state index in [4.69, 9.17) is 9.47 Å². The number of carbonyl (C=O) groups excluding carboxylic acids is 2. The lowest BCUT2D eigenvalue weighted by Crippen LogP contribution is -2.44. The first kappa shape index (κ1) is 21.9. The van der Waals surface area contributed by atoms with Gasteiger partial charge in [-0.25, -0.2) is 4.79 Å². The van der Waals surface area contributed by atoms with Crippen molar-refractivity contribution in [3.8, 4) is 0 Å². The standard InChI is InChI=1S/C22H30N2O4/c1-21(2,10-11-25)27-16-22(3,4)28-19-13-18(14-23-15-19)24-20(26)12-17-8-6-5-7-9-17/h5-10,14,19,23H,12-13,15-16H2,1-4H3,(H,24,26). The van der Waals surface area contributed by atoms with E-state index in [9.17, 15) is 9.59 Å². The summed E-state index contributed by atoms with van der Waals surface area (Å²) < 4.78 is 12.0. The van der Waals surface area contributed by atoms with Gasteiger partial charge in [0.15, 0.2) is 0 Å². The fraction of sp³-hybridized carbons (Fsp3) is 0.500. The van der Waals surface area contributed by atoms with E-state index in [0.717, 1.165) is 11.3 Å². The topological polar surface area (TPSA) is 76.7 Å². The average molecular weight is 386 g/mol. The zero-order valence-corrected chi connectivity index (χ0v) is 17.1. The van der Waals surface area contributed by atoms with E-state index in [2.05, 4.69) is 10.6 Å². The van der Waals surface area contributed by atoms with Crippen LogP contribution in [0.1, 0.15) is 39.7 Å². The van der Waals surface area contributed by atoms with Gasteiger partial charge in [0.05, 0.1) is 30.3 Å². The Labute approximate surface area is 167 Å². The molecule has 1 aromatic rings. The highest BCUT2D eigenvalue weighted by molar-refractivity contribution is 5.80. The van der Waals surface area contributed by atoms with Gasteiger partial charge in [-0.2, -0.15) is 0 Å². The van der Waals surface area contributed by atoms with Crippen LogP contribution >= 0.6 is 0 Å². The first-order valence-electron chi connectivity index (χ1n) is 9.49. The van der Waals surface area contributed by atoms with Crippen molar-refractivity contribution in [3.63, 3.8) is 0 Å². The van der Waals surface area contributed by atoms with Crippen molar-refractivity contribution < 1.29 is 19.1 Å². The third-order valence-electron chi connectivity index (χ3n) is 4.26. The van der Waals surface area contributed by atoms with Gasteiger partial charge >= 0.3 is 0 Å². The molecule has 6 heteroatoms. The molecule has 2 rings (SSSR count). The highest BCUT2D eigenvalue weighted by Crippen LogP contribution is 2.21. The number of amides is 1. The van der Waals surface area contributed by atoms with Gasteiger partial charge in [0.1, 0.15) is 5.94 Å². The van der Waals surface area contributed by atoms with Gasteiger partial charge in [-0.1, -0.05) is 30.3 Å². The number of ether oxygens (including phenoxy) is 2. The van der Waals surface area contributed by atoms with Crippen LogP contribution in [0, 0.1) is 0 Å². The predicted molar refractivity (Wildman–Crippen MR) is 108 cm³/mol. The number of benzene rings is 1. The van der Waals surface area contributed by atoms with Gasteiger partial charge in [0.25, 0.3) is 0 Å². The smallest absolute Gasteiger partial charge is 0.228 e. The third-order valence-corrected chi connectivity index (χ3v) is 4.26. The number of carbonyl (C=O) groups is 1. The predicted octanol–water partition coefficient (Wildman–Crippen LogP) is 2.53. The van der Waals surface area contributed by atoms with Gasteiger partial charge in [0.2, 0.25) is 5.91 Å². The molecule has 1 aliphatic rings. The SMILES string of the molecule is CC(C)(C=C=O)OCC(C)(C)OC1CNC=C(NC(=O)Cc2ccccc2)C1. The summed E-state index contributed by atoms with van der Waals surface area (Å²) in [7, 11) is 0. The second-order valence-corrected chi connectivity index (χ2v) is 8.15. The Bertz CT molecular complexity index is 734. The molecule has 0 fully saturated rings. The van der Waals surface area contributed by atoms with E-state index in [1.54, 1.807) is 19.8 Å². The van der Waals surface area contributed by atoms with E-state index in [-0.39, 0.29) is 12.0 Å². The summed E-state index contributed by atoms with van der Waals surface area (Å²) in [6, 6.07) is 9.64. The molecule has 0 bridgehead atoms. The summed E-state index contributed by atoms with van der Waals surface area (Å²) in [5, 5.41) is 6.13. The number of rotatable bonds is 9. The van der Waals surface area contributed by atoms with Crippen LogP contribution in [0.3, 0.4) is 0 Å². The van der Waals surface area contributed by atoms with Crippen LogP contribution in [0.15, 0.2) is 48.3 Å². The maximum Gasteiger partial charge on any atom is 0.228 e. The molecular formula is C22H30N2O4. The van der Waals surface area contributed by atoms with Gasteiger partial charge < -0.3 is 20.1 Å². The summed E-state index contributed by atoms with van der Waals surface area (Å²) in [4.78, 5) is 22.8. The van der Waals surface area contributed by atoms with E-state index < -0.39 is 11.2 Å². The number of nitrogens with one attached hydrogen (secondary N) is 2. The second kappa shape index (κ2) is 9.69. The number of hydrogen-bond donors (Lipinski definition) is 2. The molecule has 28 heavy (non-hydrogen) atoms. The minimum absolute atomic E-state index is 0.0510. The van der Waals surface area contributed by atoms with Crippen molar-refractivity contribution >= 4 is 11.8 Å². The van der Waals surface area contributed by atoms with Gasteiger partial charge in [-0.3, -0.25) is 4.79 Å². The van der Waals surface area contributed by atoms with Crippen molar-refractivity contribution in [1.82, 2.24) is 10.6 Å². The zero-order chi connectivity index (χ0) is 20.6. The van der Waals surface area contributed by atoms with Crippen LogP contribution < -0.4 is 10.6 Å². The first-order chi connectivity index (χ1) is 13.2. The highest BCUT2D eigenvalue weighted by atomic mass is 16.6. The zero-order valence-electron chi connectivity index (χ0n) is 17.1. The van der Waals surface area contributed by atoms with Crippen molar-refractivity contribution in [1.29, 1.82) is 0 Å². The molecular weight excluding hydrogens is 356 g/mol. The molecule has 1 aliphatic heterocycles. The Hall–Kier alpha value is -2.40. The minimum atomic E-state index is -0.691. The molecule has 1 heterocycles. The summed E-state index contributed by atoms with van der Waals surface area (Å²) in [6.45, 7) is 8.48.